The van der Waals surface area contributed by atoms with Crippen LogP contribution < -0.4 is 10.1 Å². The van der Waals surface area contributed by atoms with Crippen LogP contribution >= 0.6 is 24.2 Å². The van der Waals surface area contributed by atoms with Crippen molar-refractivity contribution in [2.75, 3.05) is 27.2 Å². The van der Waals surface area contributed by atoms with Crippen LogP contribution in [0.2, 0.25) is 0 Å². The van der Waals surface area contributed by atoms with Crippen molar-refractivity contribution in [3.05, 3.63) is 30.3 Å². The molecule has 11 heteroatoms. The molecule has 0 saturated carbocycles. The molecule has 2 fully saturated rings. The number of esters is 1. The van der Waals surface area contributed by atoms with Gasteiger partial charge in [-0.05, 0) is 47.0 Å². The summed E-state index contributed by atoms with van der Waals surface area (Å²) in [5.74, 6) is -1.62. The third-order valence-electron chi connectivity index (χ3n) is 5.35. The van der Waals surface area contributed by atoms with Crippen LogP contribution in [0.5, 0.6) is 5.75 Å². The summed E-state index contributed by atoms with van der Waals surface area (Å²) < 4.78 is 10.3. The number of carbonyl (C=O) groups is 4. The monoisotopic (exact) mass is 499 g/mol. The third-order valence-corrected chi connectivity index (χ3v) is 6.92. The molecule has 1 aromatic rings. The Morgan fingerprint density at radius 2 is 1.85 bits per heavy atom. The van der Waals surface area contributed by atoms with Gasteiger partial charge in [-0.2, -0.15) is 0 Å². The van der Waals surface area contributed by atoms with Crippen LogP contribution in [0.15, 0.2) is 30.3 Å². The zero-order valence-corrected chi connectivity index (χ0v) is 20.9. The van der Waals surface area contributed by atoms with Crippen molar-refractivity contribution >= 4 is 47.7 Å². The van der Waals surface area contributed by atoms with E-state index in [0.29, 0.717) is 12.3 Å². The molecule has 2 heterocycles. The van der Waals surface area contributed by atoms with E-state index in [1.807, 2.05) is 32.8 Å². The van der Waals surface area contributed by atoms with Crippen LogP contribution in [0.25, 0.3) is 0 Å². The summed E-state index contributed by atoms with van der Waals surface area (Å²) in [6.07, 6.45) is -1.37. The van der Waals surface area contributed by atoms with Crippen LogP contribution in [0.4, 0.5) is 0 Å². The predicted molar refractivity (Wildman–Crippen MR) is 126 cm³/mol. The molecule has 0 spiro atoms. The minimum atomic E-state index is -1.37. The average Bonchev–Trinajstić information content (AvgIpc) is 2.98. The van der Waals surface area contributed by atoms with Gasteiger partial charge in [0.2, 0.25) is 12.0 Å². The lowest BCUT2D eigenvalue weighted by atomic mass is 9.96. The molecule has 4 atom stereocenters. The lowest BCUT2D eigenvalue weighted by Gasteiger charge is -2.44. The number of benzene rings is 1. The third kappa shape index (κ3) is 5.80. The van der Waals surface area contributed by atoms with E-state index in [1.54, 1.807) is 30.3 Å². The van der Waals surface area contributed by atoms with Crippen LogP contribution in [0.3, 0.4) is 0 Å². The Morgan fingerprint density at radius 1 is 1.21 bits per heavy atom. The topological polar surface area (TPSA) is 105 Å². The van der Waals surface area contributed by atoms with Crippen molar-refractivity contribution in [2.24, 2.45) is 0 Å². The maximum atomic E-state index is 12.9. The van der Waals surface area contributed by atoms with Gasteiger partial charge in [-0.25, -0.2) is 4.79 Å². The Morgan fingerprint density at radius 3 is 2.42 bits per heavy atom. The van der Waals surface area contributed by atoms with E-state index in [9.17, 15) is 19.2 Å². The number of thioether (sulfide) groups is 1. The first kappa shape index (κ1) is 26.9. The highest BCUT2D eigenvalue weighted by Crippen LogP contribution is 2.51. The first-order valence-corrected chi connectivity index (χ1v) is 11.2. The van der Waals surface area contributed by atoms with Gasteiger partial charge in [0, 0.05) is 11.3 Å². The summed E-state index contributed by atoms with van der Waals surface area (Å²) in [4.78, 5) is 53.7. The zero-order chi connectivity index (χ0) is 23.6. The normalized spacial score (nSPS) is 23.6. The van der Waals surface area contributed by atoms with Gasteiger partial charge in [-0.3, -0.25) is 14.4 Å². The first-order valence-electron chi connectivity index (χ1n) is 10.4. The number of hydrogen-bond donors (Lipinski definition) is 1. The van der Waals surface area contributed by atoms with Crippen molar-refractivity contribution in [3.63, 3.8) is 0 Å². The standard InChI is InChI=1S/C22H29N3O6S.ClH/c1-13(26)16(31-14-9-7-6-8-10-14)18(27)23-15-19(28)25-17(22(2,3)32-20(15)25)21(29)30-12-11-24(4)5;/h6-10,15-17,20H,11-12H2,1-5H3,(H,23,27);1H/t15-,16?,17+,20-;/m1./s1. The summed E-state index contributed by atoms with van der Waals surface area (Å²) in [5, 5.41) is 2.22. The van der Waals surface area contributed by atoms with Gasteiger partial charge in [0.25, 0.3) is 5.91 Å². The zero-order valence-electron chi connectivity index (χ0n) is 19.3. The molecule has 182 valence electrons. The highest BCUT2D eigenvalue weighted by atomic mass is 35.5. The van der Waals surface area contributed by atoms with Crippen molar-refractivity contribution in [1.29, 1.82) is 0 Å². The van der Waals surface area contributed by atoms with Gasteiger partial charge in [0.05, 0.1) is 0 Å². The molecule has 0 bridgehead atoms. The number of nitrogens with one attached hydrogen (secondary N) is 1. The largest absolute Gasteiger partial charge is 0.473 e. The lowest BCUT2D eigenvalue weighted by Crippen LogP contribution is -2.71. The van der Waals surface area contributed by atoms with Crippen molar-refractivity contribution < 1.29 is 28.7 Å². The van der Waals surface area contributed by atoms with E-state index in [-0.39, 0.29) is 24.9 Å². The fourth-order valence-electron chi connectivity index (χ4n) is 3.72. The molecule has 1 aromatic carbocycles. The number of hydrogen-bond acceptors (Lipinski definition) is 8. The molecule has 0 radical (unpaired) electrons. The molecule has 0 aromatic heterocycles. The van der Waals surface area contributed by atoms with Gasteiger partial charge < -0.3 is 24.6 Å². The van der Waals surface area contributed by atoms with E-state index < -0.39 is 46.0 Å². The minimum absolute atomic E-state index is 0. The fourth-order valence-corrected chi connectivity index (χ4v) is 5.34. The summed E-state index contributed by atoms with van der Waals surface area (Å²) >= 11 is 1.43. The van der Waals surface area contributed by atoms with Gasteiger partial charge >= 0.3 is 5.97 Å². The highest BCUT2D eigenvalue weighted by Gasteiger charge is 2.64. The van der Waals surface area contributed by atoms with E-state index in [4.69, 9.17) is 9.47 Å². The molecular formula is C22H30ClN3O6S. The Balaban J connectivity index is 0.00000385. The molecule has 33 heavy (non-hydrogen) atoms. The van der Waals surface area contributed by atoms with Gasteiger partial charge in [-0.1, -0.05) is 18.2 Å². The molecule has 2 amide bonds. The van der Waals surface area contributed by atoms with Crippen LogP contribution in [-0.4, -0.2) is 88.9 Å². The molecule has 1 unspecified atom stereocenters. The number of halogens is 1. The van der Waals surface area contributed by atoms with E-state index in [1.165, 1.54) is 23.6 Å². The second-order valence-corrected chi connectivity index (χ2v) is 10.4. The summed E-state index contributed by atoms with van der Waals surface area (Å²) in [5.41, 5.74) is 0. The number of ether oxygens (including phenoxy) is 2. The Bertz CT molecular complexity index is 897. The van der Waals surface area contributed by atoms with Crippen LogP contribution in [0, 0.1) is 0 Å². The van der Waals surface area contributed by atoms with Crippen LogP contribution in [0.1, 0.15) is 20.8 Å². The average molecular weight is 500 g/mol. The number of β-lactam (4-membered cyclic amide) rings is 1. The number of likely N-dealkylation sites (N-methyl/N-ethyl adjacent to an activating group) is 1. The number of para-hydroxylation sites is 1. The van der Waals surface area contributed by atoms with Crippen molar-refractivity contribution in [2.45, 2.75) is 49.1 Å². The molecule has 2 saturated heterocycles. The SMILES string of the molecule is CC(=O)C(Oc1ccccc1)C(=O)N[C@@H]1C(=O)N2[C@@H]1SC(C)(C)[C@@H]2C(=O)OCCN(C)C.Cl. The lowest BCUT2D eigenvalue weighted by molar-refractivity contribution is -0.165. The maximum Gasteiger partial charge on any atom is 0.330 e. The Kier molecular flexibility index (Phi) is 8.78. The maximum absolute atomic E-state index is 12.9. The minimum Gasteiger partial charge on any atom is -0.473 e. The first-order chi connectivity index (χ1) is 15.0. The van der Waals surface area contributed by atoms with E-state index in [2.05, 4.69) is 5.32 Å². The van der Waals surface area contributed by atoms with Gasteiger partial charge in [-0.15, -0.1) is 24.2 Å². The quantitative estimate of drug-likeness (QED) is 0.306. The van der Waals surface area contributed by atoms with Crippen LogP contribution in [-0.2, 0) is 23.9 Å². The molecule has 2 aliphatic heterocycles. The number of amides is 2. The van der Waals surface area contributed by atoms with Crippen molar-refractivity contribution in [1.82, 2.24) is 15.1 Å². The number of ketones is 1. The van der Waals surface area contributed by atoms with Gasteiger partial charge in [0.1, 0.15) is 29.8 Å². The van der Waals surface area contributed by atoms with E-state index in [0.717, 1.165) is 0 Å². The second-order valence-electron chi connectivity index (χ2n) is 8.64. The molecule has 2 aliphatic rings. The van der Waals surface area contributed by atoms with E-state index >= 15 is 0 Å². The molecule has 1 N–H and O–H groups in total. The molecule has 0 aliphatic carbocycles. The number of rotatable bonds is 9. The summed E-state index contributed by atoms with van der Waals surface area (Å²) in [6, 6.07) is 6.94. The highest BCUT2D eigenvalue weighted by molar-refractivity contribution is 8.01. The predicted octanol–water partition coefficient (Wildman–Crippen LogP) is 1.10. The number of carbonyl (C=O) groups excluding carboxylic acids is 4. The molecule has 3 rings (SSSR count). The summed E-state index contributed by atoms with van der Waals surface area (Å²) in [7, 11) is 3.75. The van der Waals surface area contributed by atoms with Crippen molar-refractivity contribution in [3.8, 4) is 5.75 Å². The molecule has 9 nitrogen and oxygen atoms in total. The Labute approximate surface area is 203 Å². The molecular weight excluding hydrogens is 470 g/mol. The smallest absolute Gasteiger partial charge is 0.330 e. The number of nitrogens with zero attached hydrogens (tertiary/aromatic N) is 2. The number of fused-ring (bicyclic) bond motifs is 1. The fraction of sp³-hybridized carbons (Fsp3) is 0.545. The summed E-state index contributed by atoms with van der Waals surface area (Å²) in [6.45, 7) is 5.81. The second kappa shape index (κ2) is 10.8. The number of Topliss-reactive ketones (excluding diaryl/α,β-unsaturated/α-hetero) is 1. The Hall–Kier alpha value is -2.30. The van der Waals surface area contributed by atoms with Gasteiger partial charge in [0.15, 0.2) is 5.78 Å².